The Hall–Kier alpha value is -3.03. The normalized spacial score (nSPS) is 21.2. The zero-order valence-electron chi connectivity index (χ0n) is 21.1. The van der Waals surface area contributed by atoms with Crippen LogP contribution >= 0.6 is 22.9 Å². The highest BCUT2D eigenvalue weighted by atomic mass is 35.5. The number of fused-ring (bicyclic) bond motifs is 2. The molecular formula is C27H27ClF3N5OS. The smallest absolute Gasteiger partial charge is 0.363 e. The van der Waals surface area contributed by atoms with Crippen LogP contribution in [0, 0.1) is 22.7 Å². The van der Waals surface area contributed by atoms with Crippen molar-refractivity contribution in [1.82, 2.24) is 9.78 Å². The van der Waals surface area contributed by atoms with E-state index in [2.05, 4.69) is 42.6 Å². The first-order valence-corrected chi connectivity index (χ1v) is 13.6. The van der Waals surface area contributed by atoms with E-state index in [0.29, 0.717) is 27.1 Å². The van der Waals surface area contributed by atoms with E-state index in [4.69, 9.17) is 11.6 Å². The lowest BCUT2D eigenvalue weighted by molar-refractivity contribution is -0.173. The van der Waals surface area contributed by atoms with Crippen molar-refractivity contribution in [2.45, 2.75) is 64.7 Å². The summed E-state index contributed by atoms with van der Waals surface area (Å²) in [4.78, 5) is 14.2. The Morgan fingerprint density at radius 2 is 1.97 bits per heavy atom. The molecule has 3 heterocycles. The molecule has 200 valence electrons. The second-order valence-corrected chi connectivity index (χ2v) is 12.5. The molecular weight excluding hydrogens is 535 g/mol. The molecule has 1 amide bonds. The number of carbonyl (C=O) groups is 1. The first-order chi connectivity index (χ1) is 17.8. The van der Waals surface area contributed by atoms with Gasteiger partial charge in [0.05, 0.1) is 11.6 Å². The van der Waals surface area contributed by atoms with Gasteiger partial charge in [-0.3, -0.25) is 4.79 Å². The third-order valence-electron chi connectivity index (χ3n) is 7.52. The third-order valence-corrected chi connectivity index (χ3v) is 8.95. The molecule has 0 saturated carbocycles. The molecule has 38 heavy (non-hydrogen) atoms. The number of benzene rings is 1. The van der Waals surface area contributed by atoms with Crippen molar-refractivity contribution in [1.29, 1.82) is 5.26 Å². The predicted octanol–water partition coefficient (Wildman–Crippen LogP) is 7.53. The number of nitrogens with one attached hydrogen (secondary N) is 2. The number of thiophene rings is 1. The van der Waals surface area contributed by atoms with Crippen LogP contribution in [0.15, 0.2) is 30.3 Å². The van der Waals surface area contributed by atoms with Crippen molar-refractivity contribution >= 4 is 39.7 Å². The van der Waals surface area contributed by atoms with Crippen molar-refractivity contribution in [3.63, 3.8) is 0 Å². The monoisotopic (exact) mass is 561 g/mol. The lowest BCUT2D eigenvalue weighted by Crippen LogP contribution is -2.35. The molecule has 0 unspecified atom stereocenters. The van der Waals surface area contributed by atoms with Crippen LogP contribution in [0.3, 0.4) is 0 Å². The van der Waals surface area contributed by atoms with Gasteiger partial charge in [0.15, 0.2) is 11.7 Å². The fraction of sp³-hybridized carbons (Fsp3) is 0.444. The highest BCUT2D eigenvalue weighted by Gasteiger charge is 2.47. The quantitative estimate of drug-likeness (QED) is 0.346. The maximum absolute atomic E-state index is 14.0. The number of carbonyl (C=O) groups excluding carboxylic acids is 1. The first-order valence-electron chi connectivity index (χ1n) is 12.4. The summed E-state index contributed by atoms with van der Waals surface area (Å²) < 4.78 is 42.9. The lowest BCUT2D eigenvalue weighted by atomic mass is 9.72. The molecule has 1 aromatic carbocycles. The van der Waals surface area contributed by atoms with Crippen molar-refractivity contribution in [2.24, 2.45) is 11.3 Å². The van der Waals surface area contributed by atoms with Crippen LogP contribution in [0.2, 0.25) is 5.02 Å². The van der Waals surface area contributed by atoms with Gasteiger partial charge in [0.25, 0.3) is 5.91 Å². The highest BCUT2D eigenvalue weighted by molar-refractivity contribution is 7.16. The number of alkyl halides is 3. The van der Waals surface area contributed by atoms with Crippen LogP contribution in [0.5, 0.6) is 0 Å². The van der Waals surface area contributed by atoms with Gasteiger partial charge in [-0.1, -0.05) is 44.5 Å². The van der Waals surface area contributed by atoms with E-state index in [1.54, 1.807) is 24.3 Å². The van der Waals surface area contributed by atoms with E-state index in [1.807, 2.05) is 0 Å². The Morgan fingerprint density at radius 1 is 1.26 bits per heavy atom. The molecule has 6 nitrogen and oxygen atoms in total. The summed E-state index contributed by atoms with van der Waals surface area (Å²) in [7, 11) is 0. The Morgan fingerprint density at radius 3 is 2.61 bits per heavy atom. The largest absolute Gasteiger partial charge is 0.410 e. The molecule has 3 aromatic rings. The zero-order chi connectivity index (χ0) is 27.4. The van der Waals surface area contributed by atoms with Crippen LogP contribution in [0.1, 0.15) is 77.8 Å². The van der Waals surface area contributed by atoms with Crippen LogP contribution in [-0.4, -0.2) is 21.9 Å². The van der Waals surface area contributed by atoms with Gasteiger partial charge >= 0.3 is 6.18 Å². The minimum Gasteiger partial charge on any atom is -0.363 e. The summed E-state index contributed by atoms with van der Waals surface area (Å²) in [6.07, 6.45) is -2.30. The summed E-state index contributed by atoms with van der Waals surface area (Å²) in [6.45, 7) is 6.60. The minimum atomic E-state index is -4.56. The number of aromatic nitrogens is 2. The van der Waals surface area contributed by atoms with Gasteiger partial charge in [0.1, 0.15) is 16.9 Å². The molecule has 3 atom stereocenters. The Bertz CT molecular complexity index is 1410. The van der Waals surface area contributed by atoms with Crippen molar-refractivity contribution < 1.29 is 18.0 Å². The Kier molecular flexibility index (Phi) is 6.72. The average Bonchev–Trinajstić information content (AvgIpc) is 3.43. The highest BCUT2D eigenvalue weighted by Crippen LogP contribution is 2.45. The lowest BCUT2D eigenvalue weighted by Gasteiger charge is -2.33. The first kappa shape index (κ1) is 26.6. The summed E-state index contributed by atoms with van der Waals surface area (Å²) in [5.74, 6) is -0.0922. The van der Waals surface area contributed by atoms with E-state index in [-0.39, 0.29) is 23.3 Å². The molecule has 2 aliphatic rings. The standard InChI is InChI=1S/C27H27ClF3N5OS/c1-26(2,3)15-6-9-17-18(13-32)25(38-21(17)10-15)34-24(37)20-12-23-33-19(14-4-7-16(28)8-5-14)11-22(27(29,30)31)36(23)35-20/h4-5,7-8,12,15,19,22,33H,6,9-11H2,1-3H3,(H,34,37)/t15-,19+,22+/m1/s1. The second-order valence-electron chi connectivity index (χ2n) is 11.0. The van der Waals surface area contributed by atoms with Crippen molar-refractivity contribution in [3.05, 3.63) is 62.6 Å². The minimum absolute atomic E-state index is 0.0997. The SMILES string of the molecule is CC(C)(C)[C@@H]1CCc2c(sc(NC(=O)c3cc4n(n3)[C@H](C(F)(F)F)C[C@@H](c3ccc(Cl)cc3)N4)c2C#N)C1. The summed E-state index contributed by atoms with van der Waals surface area (Å²) in [6, 6.07) is 7.62. The number of hydrogen-bond acceptors (Lipinski definition) is 5. The summed E-state index contributed by atoms with van der Waals surface area (Å²) >= 11 is 7.31. The number of hydrogen-bond donors (Lipinski definition) is 2. The van der Waals surface area contributed by atoms with Gasteiger partial charge in [0.2, 0.25) is 0 Å². The molecule has 1 aliphatic carbocycles. The predicted molar refractivity (Wildman–Crippen MR) is 142 cm³/mol. The number of nitrogens with zero attached hydrogens (tertiary/aromatic N) is 3. The molecule has 2 aromatic heterocycles. The van der Waals surface area contributed by atoms with E-state index in [9.17, 15) is 23.2 Å². The number of rotatable bonds is 3. The topological polar surface area (TPSA) is 82.7 Å². The zero-order valence-corrected chi connectivity index (χ0v) is 22.7. The molecule has 0 bridgehead atoms. The Balaban J connectivity index is 1.42. The van der Waals surface area contributed by atoms with E-state index < -0.39 is 24.2 Å². The number of amides is 1. The van der Waals surface area contributed by atoms with Gasteiger partial charge < -0.3 is 10.6 Å². The van der Waals surface area contributed by atoms with Crippen LogP contribution in [0.4, 0.5) is 24.0 Å². The molecule has 0 fully saturated rings. The summed E-state index contributed by atoms with van der Waals surface area (Å²) in [5.41, 5.74) is 2.02. The van der Waals surface area contributed by atoms with E-state index in [1.165, 1.54) is 17.4 Å². The van der Waals surface area contributed by atoms with Gasteiger partial charge in [-0.2, -0.15) is 23.5 Å². The average molecular weight is 562 g/mol. The number of anilines is 2. The molecule has 0 radical (unpaired) electrons. The maximum Gasteiger partial charge on any atom is 0.410 e. The third kappa shape index (κ3) is 5.02. The number of nitriles is 1. The van der Waals surface area contributed by atoms with E-state index >= 15 is 0 Å². The van der Waals surface area contributed by atoms with Gasteiger partial charge in [-0.05, 0) is 53.9 Å². The maximum atomic E-state index is 14.0. The van der Waals surface area contributed by atoms with Crippen LogP contribution in [-0.2, 0) is 12.8 Å². The Labute approximate surface area is 227 Å². The van der Waals surface area contributed by atoms with Gasteiger partial charge in [-0.25, -0.2) is 4.68 Å². The fourth-order valence-corrected chi connectivity index (χ4v) is 6.70. The molecule has 1 aliphatic heterocycles. The second kappa shape index (κ2) is 9.62. The fourth-order valence-electron chi connectivity index (χ4n) is 5.30. The molecule has 0 spiro atoms. The molecule has 5 rings (SSSR count). The molecule has 0 saturated heterocycles. The van der Waals surface area contributed by atoms with Gasteiger partial charge in [0, 0.05) is 22.4 Å². The van der Waals surface area contributed by atoms with Crippen LogP contribution < -0.4 is 10.6 Å². The molecule has 2 N–H and O–H groups in total. The summed E-state index contributed by atoms with van der Waals surface area (Å²) in [5, 5.41) is 20.6. The van der Waals surface area contributed by atoms with E-state index in [0.717, 1.165) is 34.4 Å². The van der Waals surface area contributed by atoms with Crippen LogP contribution in [0.25, 0.3) is 0 Å². The van der Waals surface area contributed by atoms with Crippen molar-refractivity contribution in [3.8, 4) is 6.07 Å². The van der Waals surface area contributed by atoms with Gasteiger partial charge in [-0.15, -0.1) is 11.3 Å². The van der Waals surface area contributed by atoms with Crippen molar-refractivity contribution in [2.75, 3.05) is 10.6 Å². The molecule has 11 heteroatoms. The number of halogens is 4.